The van der Waals surface area contributed by atoms with Crippen molar-refractivity contribution in [3.05, 3.63) is 34.3 Å². The second-order valence-corrected chi connectivity index (χ2v) is 4.96. The maximum atomic E-state index is 5.92. The van der Waals surface area contributed by atoms with Gasteiger partial charge in [0.1, 0.15) is 0 Å². The Hall–Kier alpha value is -0.300. The van der Waals surface area contributed by atoms with Crippen LogP contribution in [0.4, 0.5) is 0 Å². The fraction of sp³-hybridized carbons (Fsp3) is 0.417. The van der Waals surface area contributed by atoms with E-state index in [1.807, 2.05) is 25.2 Å². The van der Waals surface area contributed by atoms with Gasteiger partial charge in [-0.25, -0.2) is 4.99 Å². The van der Waals surface area contributed by atoms with Crippen molar-refractivity contribution >= 4 is 45.9 Å². The van der Waals surface area contributed by atoms with Crippen LogP contribution < -0.4 is 5.73 Å². The SMILES string of the molecule is CN(C(N)=NCc1ccccc1Br)C1CC1.I. The average molecular weight is 410 g/mol. The van der Waals surface area contributed by atoms with Crippen LogP contribution in [0.25, 0.3) is 0 Å². The predicted molar refractivity (Wildman–Crippen MR) is 85.7 cm³/mol. The summed E-state index contributed by atoms with van der Waals surface area (Å²) in [6.07, 6.45) is 2.48. The van der Waals surface area contributed by atoms with Gasteiger partial charge in [0, 0.05) is 17.6 Å². The molecule has 0 radical (unpaired) electrons. The second-order valence-electron chi connectivity index (χ2n) is 4.11. The van der Waals surface area contributed by atoms with Gasteiger partial charge in [-0.05, 0) is 24.5 Å². The number of nitrogens with two attached hydrogens (primary N) is 1. The van der Waals surface area contributed by atoms with E-state index in [4.69, 9.17) is 5.73 Å². The van der Waals surface area contributed by atoms with Crippen LogP contribution in [-0.2, 0) is 6.54 Å². The zero-order valence-electron chi connectivity index (χ0n) is 9.77. The molecule has 0 atom stereocenters. The van der Waals surface area contributed by atoms with Gasteiger partial charge < -0.3 is 10.6 Å². The van der Waals surface area contributed by atoms with Crippen molar-refractivity contribution in [1.82, 2.24) is 4.90 Å². The van der Waals surface area contributed by atoms with Crippen molar-refractivity contribution in [2.75, 3.05) is 7.05 Å². The van der Waals surface area contributed by atoms with Crippen LogP contribution in [0.5, 0.6) is 0 Å². The molecule has 0 saturated heterocycles. The normalized spacial score (nSPS) is 15.3. The highest BCUT2D eigenvalue weighted by Gasteiger charge is 2.27. The molecule has 5 heteroatoms. The van der Waals surface area contributed by atoms with Crippen molar-refractivity contribution < 1.29 is 0 Å². The van der Waals surface area contributed by atoms with E-state index in [-0.39, 0.29) is 24.0 Å². The summed E-state index contributed by atoms with van der Waals surface area (Å²) in [4.78, 5) is 6.47. The van der Waals surface area contributed by atoms with Crippen LogP contribution in [-0.4, -0.2) is 23.9 Å². The highest BCUT2D eigenvalue weighted by Crippen LogP contribution is 2.25. The molecule has 1 fully saturated rings. The summed E-state index contributed by atoms with van der Waals surface area (Å²) in [5.41, 5.74) is 7.08. The fourth-order valence-corrected chi connectivity index (χ4v) is 1.96. The first kappa shape index (κ1) is 14.8. The maximum absolute atomic E-state index is 5.92. The third-order valence-corrected chi connectivity index (χ3v) is 3.60. The minimum absolute atomic E-state index is 0. The number of aliphatic imine (C=N–C) groups is 1. The second kappa shape index (κ2) is 6.58. The lowest BCUT2D eigenvalue weighted by Crippen LogP contribution is -2.35. The van der Waals surface area contributed by atoms with Crippen molar-refractivity contribution in [2.45, 2.75) is 25.4 Å². The minimum atomic E-state index is 0. The summed E-state index contributed by atoms with van der Waals surface area (Å²) in [6, 6.07) is 8.69. The molecule has 2 rings (SSSR count). The largest absolute Gasteiger partial charge is 0.370 e. The molecule has 0 spiro atoms. The van der Waals surface area contributed by atoms with E-state index in [1.165, 1.54) is 12.8 Å². The van der Waals surface area contributed by atoms with E-state index in [0.29, 0.717) is 18.5 Å². The van der Waals surface area contributed by atoms with Crippen LogP contribution in [0.1, 0.15) is 18.4 Å². The lowest BCUT2D eigenvalue weighted by atomic mass is 10.2. The Morgan fingerprint density at radius 2 is 2.12 bits per heavy atom. The van der Waals surface area contributed by atoms with Crippen molar-refractivity contribution in [2.24, 2.45) is 10.7 Å². The molecular formula is C12H17BrIN3. The highest BCUT2D eigenvalue weighted by molar-refractivity contribution is 14.0. The Morgan fingerprint density at radius 3 is 2.71 bits per heavy atom. The molecule has 0 heterocycles. The summed E-state index contributed by atoms with van der Waals surface area (Å²) in [5.74, 6) is 0.637. The number of benzene rings is 1. The number of hydrogen-bond acceptors (Lipinski definition) is 1. The summed E-state index contributed by atoms with van der Waals surface area (Å²) in [5, 5.41) is 0. The van der Waals surface area contributed by atoms with Crippen molar-refractivity contribution in [3.8, 4) is 0 Å². The van der Waals surface area contributed by atoms with E-state index >= 15 is 0 Å². The van der Waals surface area contributed by atoms with Crippen LogP contribution in [0.15, 0.2) is 33.7 Å². The van der Waals surface area contributed by atoms with Gasteiger partial charge in [-0.2, -0.15) is 0 Å². The third kappa shape index (κ3) is 4.13. The summed E-state index contributed by atoms with van der Waals surface area (Å²) < 4.78 is 1.08. The quantitative estimate of drug-likeness (QED) is 0.473. The first-order valence-corrected chi connectivity index (χ1v) is 6.24. The Labute approximate surface area is 128 Å². The molecule has 1 aromatic carbocycles. The molecule has 17 heavy (non-hydrogen) atoms. The van der Waals surface area contributed by atoms with E-state index in [1.54, 1.807) is 0 Å². The predicted octanol–water partition coefficient (Wildman–Crippen LogP) is 2.98. The van der Waals surface area contributed by atoms with Gasteiger partial charge in [-0.15, -0.1) is 24.0 Å². The molecule has 0 unspecified atom stereocenters. The maximum Gasteiger partial charge on any atom is 0.191 e. The molecular weight excluding hydrogens is 393 g/mol. The van der Waals surface area contributed by atoms with Crippen LogP contribution >= 0.6 is 39.9 Å². The summed E-state index contributed by atoms with van der Waals surface area (Å²) in [7, 11) is 2.01. The van der Waals surface area contributed by atoms with Crippen molar-refractivity contribution in [1.29, 1.82) is 0 Å². The number of guanidine groups is 1. The van der Waals surface area contributed by atoms with Crippen LogP contribution in [0.2, 0.25) is 0 Å². The zero-order valence-corrected chi connectivity index (χ0v) is 13.7. The number of nitrogens with zero attached hydrogens (tertiary/aromatic N) is 2. The minimum Gasteiger partial charge on any atom is -0.370 e. The van der Waals surface area contributed by atoms with Crippen LogP contribution in [0, 0.1) is 0 Å². The third-order valence-electron chi connectivity index (χ3n) is 2.83. The first-order chi connectivity index (χ1) is 7.68. The van der Waals surface area contributed by atoms with E-state index in [9.17, 15) is 0 Å². The molecule has 3 nitrogen and oxygen atoms in total. The summed E-state index contributed by atoms with van der Waals surface area (Å²) in [6.45, 7) is 0.629. The van der Waals surface area contributed by atoms with Gasteiger partial charge in [0.15, 0.2) is 5.96 Å². The highest BCUT2D eigenvalue weighted by atomic mass is 127. The average Bonchev–Trinajstić information content (AvgIpc) is 3.10. The lowest BCUT2D eigenvalue weighted by Gasteiger charge is -2.16. The Balaban J connectivity index is 0.00000144. The molecule has 1 aliphatic carbocycles. The molecule has 94 valence electrons. The summed E-state index contributed by atoms with van der Waals surface area (Å²) >= 11 is 3.50. The Morgan fingerprint density at radius 1 is 1.47 bits per heavy atom. The van der Waals surface area contributed by atoms with Gasteiger partial charge in [-0.1, -0.05) is 34.1 Å². The zero-order chi connectivity index (χ0) is 11.5. The van der Waals surface area contributed by atoms with Gasteiger partial charge >= 0.3 is 0 Å². The number of halogens is 2. The number of rotatable bonds is 3. The van der Waals surface area contributed by atoms with E-state index in [2.05, 4.69) is 31.9 Å². The molecule has 0 aromatic heterocycles. The molecule has 0 bridgehead atoms. The molecule has 2 N–H and O–H groups in total. The first-order valence-electron chi connectivity index (χ1n) is 5.44. The van der Waals surface area contributed by atoms with Gasteiger partial charge in [0.25, 0.3) is 0 Å². The van der Waals surface area contributed by atoms with Crippen LogP contribution in [0.3, 0.4) is 0 Å². The topological polar surface area (TPSA) is 41.6 Å². The lowest BCUT2D eigenvalue weighted by molar-refractivity contribution is 0.487. The fourth-order valence-electron chi connectivity index (χ4n) is 1.55. The van der Waals surface area contributed by atoms with Gasteiger partial charge in [-0.3, -0.25) is 0 Å². The van der Waals surface area contributed by atoms with Crippen molar-refractivity contribution in [3.63, 3.8) is 0 Å². The van der Waals surface area contributed by atoms with E-state index < -0.39 is 0 Å². The van der Waals surface area contributed by atoms with Gasteiger partial charge in [0.05, 0.1) is 6.54 Å². The number of hydrogen-bond donors (Lipinski definition) is 1. The molecule has 1 saturated carbocycles. The molecule has 0 aliphatic heterocycles. The monoisotopic (exact) mass is 409 g/mol. The molecule has 0 amide bonds. The smallest absolute Gasteiger partial charge is 0.191 e. The Kier molecular flexibility index (Phi) is 5.72. The molecule has 1 aliphatic rings. The van der Waals surface area contributed by atoms with Gasteiger partial charge in [0.2, 0.25) is 0 Å². The Bertz CT molecular complexity index is 404. The molecule has 1 aromatic rings. The van der Waals surface area contributed by atoms with E-state index in [0.717, 1.165) is 10.0 Å². The standard InChI is InChI=1S/C12H16BrN3.HI/c1-16(10-6-7-10)12(14)15-8-9-4-2-3-5-11(9)13;/h2-5,10H,6-8H2,1H3,(H2,14,15);1H.